The van der Waals surface area contributed by atoms with Crippen LogP contribution in [0.2, 0.25) is 0 Å². The second-order valence-electron chi connectivity index (χ2n) is 32.3. The van der Waals surface area contributed by atoms with Gasteiger partial charge in [0.15, 0.2) is 0 Å². The molecule has 0 heterocycles. The molecule has 1 unspecified atom stereocenters. The van der Waals surface area contributed by atoms with Crippen LogP contribution in [0, 0.1) is 5.92 Å². The van der Waals surface area contributed by atoms with Crippen LogP contribution in [0.15, 0.2) is 0 Å². The normalized spacial score (nSPS) is 11.0. The van der Waals surface area contributed by atoms with Crippen LogP contribution in [0.4, 0.5) is 0 Å². The first kappa shape index (κ1) is 120. The lowest BCUT2D eigenvalue weighted by Crippen LogP contribution is -2.17. The molecular weight excluding hydrogens is 1390 g/mol. The third-order valence-corrected chi connectivity index (χ3v) is 21.2. The number of esters is 6. The van der Waals surface area contributed by atoms with E-state index >= 15 is 0 Å². The summed E-state index contributed by atoms with van der Waals surface area (Å²) in [5, 5.41) is 0. The molecule has 0 aliphatic rings. The van der Waals surface area contributed by atoms with Crippen molar-refractivity contribution in [1.29, 1.82) is 0 Å². The molecule has 112 heavy (non-hydrogen) atoms. The predicted molar refractivity (Wildman–Crippen MR) is 485 cm³/mol. The first-order chi connectivity index (χ1) is 54.6. The van der Waals surface area contributed by atoms with Gasteiger partial charge in [0.05, 0.1) is 26.4 Å². The van der Waals surface area contributed by atoms with Gasteiger partial charge in [0, 0.05) is 38.5 Å². The second kappa shape index (κ2) is 110. The van der Waals surface area contributed by atoms with Gasteiger partial charge in [0.1, 0.15) is 12.2 Å². The zero-order valence-electron chi connectivity index (χ0n) is 78.4. The molecule has 0 bridgehead atoms. The van der Waals surface area contributed by atoms with E-state index in [0.717, 1.165) is 51.4 Å². The van der Waals surface area contributed by atoms with Crippen LogP contribution in [0.5, 0.6) is 0 Å². The topological polar surface area (TPSA) is 158 Å². The van der Waals surface area contributed by atoms with E-state index in [1.807, 2.05) is 41.5 Å². The number of rotatable bonds is 79. The number of carbonyl (C=O) groups is 6. The van der Waals surface area contributed by atoms with E-state index in [1.165, 1.54) is 372 Å². The van der Waals surface area contributed by atoms with Crippen LogP contribution < -0.4 is 0 Å². The summed E-state index contributed by atoms with van der Waals surface area (Å²) in [7, 11) is 0. The minimum absolute atomic E-state index is 0.0223. The number of unbranched alkanes of at least 4 members (excludes halogenated alkanes) is 52. The van der Waals surface area contributed by atoms with Crippen molar-refractivity contribution in [2.75, 3.05) is 26.4 Å². The summed E-state index contributed by atoms with van der Waals surface area (Å²) in [5.74, 6) is 0.238. The van der Waals surface area contributed by atoms with Gasteiger partial charge in [-0.3, -0.25) is 28.8 Å². The summed E-state index contributed by atoms with van der Waals surface area (Å²) in [5.41, 5.74) is 0. The molecule has 0 aromatic carbocycles. The molecule has 0 spiro atoms. The van der Waals surface area contributed by atoms with Gasteiger partial charge in [-0.2, -0.15) is 0 Å². The van der Waals surface area contributed by atoms with Crippen molar-refractivity contribution in [3.63, 3.8) is 0 Å². The number of ether oxygens (including phenoxy) is 6. The maximum absolute atomic E-state index is 11.6. The highest BCUT2D eigenvalue weighted by molar-refractivity contribution is 5.70. The van der Waals surface area contributed by atoms with Gasteiger partial charge in [-0.25, -0.2) is 0 Å². The largest absolute Gasteiger partial charge is 0.466 e. The van der Waals surface area contributed by atoms with Crippen molar-refractivity contribution in [2.45, 2.75) is 578 Å². The first-order valence-corrected chi connectivity index (χ1v) is 49.7. The maximum Gasteiger partial charge on any atom is 0.305 e. The van der Waals surface area contributed by atoms with Gasteiger partial charge in [0.2, 0.25) is 0 Å². The van der Waals surface area contributed by atoms with Crippen LogP contribution in [0.1, 0.15) is 566 Å². The molecular formula is C100H200O12. The molecule has 12 nitrogen and oxygen atoms in total. The quantitative estimate of drug-likeness (QED) is 0.0323. The van der Waals surface area contributed by atoms with Gasteiger partial charge >= 0.3 is 35.8 Å². The second-order valence-corrected chi connectivity index (χ2v) is 32.3. The van der Waals surface area contributed by atoms with Crippen molar-refractivity contribution in [3.8, 4) is 0 Å². The molecule has 0 rings (SSSR count). The first-order valence-electron chi connectivity index (χ1n) is 49.7. The van der Waals surface area contributed by atoms with Crippen molar-refractivity contribution in [1.82, 2.24) is 0 Å². The lowest BCUT2D eigenvalue weighted by Gasteiger charge is -2.17. The molecule has 0 aromatic heterocycles. The van der Waals surface area contributed by atoms with Crippen LogP contribution in [-0.4, -0.2) is 74.5 Å². The molecule has 0 aliphatic heterocycles. The highest BCUT2D eigenvalue weighted by Gasteiger charge is 2.15. The molecule has 0 fully saturated rings. The van der Waals surface area contributed by atoms with Crippen LogP contribution in [0.3, 0.4) is 0 Å². The highest BCUT2D eigenvalue weighted by atomic mass is 16.6. The molecule has 0 N–H and O–H groups in total. The minimum atomic E-state index is -0.0741. The van der Waals surface area contributed by atoms with E-state index in [9.17, 15) is 28.8 Å². The van der Waals surface area contributed by atoms with E-state index in [1.54, 1.807) is 0 Å². The smallest absolute Gasteiger partial charge is 0.305 e. The summed E-state index contributed by atoms with van der Waals surface area (Å²) >= 11 is 0. The zero-order chi connectivity index (χ0) is 84.2. The molecule has 672 valence electrons. The summed E-state index contributed by atoms with van der Waals surface area (Å²) in [6, 6.07) is 0. The molecule has 0 saturated heterocycles. The fourth-order valence-electron chi connectivity index (χ4n) is 13.2. The molecule has 0 aromatic rings. The van der Waals surface area contributed by atoms with Gasteiger partial charge in [-0.15, -0.1) is 0 Å². The fourth-order valence-corrected chi connectivity index (χ4v) is 13.2. The Balaban J connectivity index is -0.000000304. The van der Waals surface area contributed by atoms with E-state index in [-0.39, 0.29) is 48.0 Å². The maximum atomic E-state index is 11.6. The van der Waals surface area contributed by atoms with E-state index in [2.05, 4.69) is 62.3 Å². The van der Waals surface area contributed by atoms with E-state index in [4.69, 9.17) is 28.4 Å². The standard InChI is InChI=1S/C22H44O2.C20H40O2.C19H38O2.C15H30O2.C13H26O2.C11H22O2/c1-4-7-9-11-13-15-17-19-21(24-22(23)6-3)20-18-16-14-12-10-8-5-2;1-4-7-9-11-13-15-17-19(22-20(21)6-3)18-16-14-12-10-8-5-2;1-3-5-6-7-8-9-10-11-12-13-14-15-16-17-18-21-19(20)4-2;1-3-5-6-7-8-9-10-11-12-13-14-17-15(16)4-2;1-3-5-6-7-8-9-10-11-12-15-13(14)4-2;1-4-7-8-10(5-2)9-13-11(12)6-3/h21H,4-20H2,1-3H3;19H,4-18H2,1-3H3;3-18H2,1-2H3;3-14H2,1-2H3;3-12H2,1-2H3;10H,4-9H2,1-3H3. The Labute approximate surface area is 700 Å². The Bertz CT molecular complexity index is 1770. The minimum Gasteiger partial charge on any atom is -0.466 e. The Morgan fingerprint density at radius 1 is 0.179 bits per heavy atom. The Kier molecular flexibility index (Phi) is 117. The van der Waals surface area contributed by atoms with Crippen LogP contribution in [0.25, 0.3) is 0 Å². The summed E-state index contributed by atoms with van der Waals surface area (Å²) in [4.78, 5) is 66.6. The predicted octanol–water partition coefficient (Wildman–Crippen LogP) is 32.9. The Hall–Kier alpha value is -3.18. The molecule has 1 atom stereocenters. The molecule has 0 saturated carbocycles. The Morgan fingerprint density at radius 3 is 0.527 bits per heavy atom. The average molecular weight is 1590 g/mol. The third-order valence-electron chi connectivity index (χ3n) is 21.2. The molecule has 0 amide bonds. The van der Waals surface area contributed by atoms with Crippen molar-refractivity contribution in [2.24, 2.45) is 5.92 Å². The van der Waals surface area contributed by atoms with Gasteiger partial charge in [-0.05, 0) is 83.0 Å². The van der Waals surface area contributed by atoms with E-state index < -0.39 is 0 Å². The fraction of sp³-hybridized carbons (Fsp3) is 0.940. The van der Waals surface area contributed by atoms with Crippen LogP contribution in [-0.2, 0) is 57.2 Å². The van der Waals surface area contributed by atoms with Crippen LogP contribution >= 0.6 is 0 Å². The third kappa shape index (κ3) is 113. The molecule has 0 radical (unpaired) electrons. The van der Waals surface area contributed by atoms with Crippen molar-refractivity contribution >= 4 is 35.8 Å². The average Bonchev–Trinajstić information content (AvgIpc) is 0.975. The molecule has 12 heteroatoms. The summed E-state index contributed by atoms with van der Waals surface area (Å²) < 4.78 is 31.5. The molecule has 0 aliphatic carbocycles. The number of hydrogen-bond donors (Lipinski definition) is 0. The lowest BCUT2D eigenvalue weighted by atomic mass is 10.0. The van der Waals surface area contributed by atoms with Gasteiger partial charge in [0.25, 0.3) is 0 Å². The van der Waals surface area contributed by atoms with Gasteiger partial charge in [-0.1, -0.05) is 451 Å². The summed E-state index contributed by atoms with van der Waals surface area (Å²) in [6.07, 6.45) is 89.0. The van der Waals surface area contributed by atoms with Gasteiger partial charge < -0.3 is 28.4 Å². The number of hydrogen-bond acceptors (Lipinski definition) is 12. The Morgan fingerprint density at radius 2 is 0.348 bits per heavy atom. The van der Waals surface area contributed by atoms with E-state index in [0.29, 0.717) is 70.9 Å². The zero-order valence-corrected chi connectivity index (χ0v) is 78.4. The SMILES string of the molecule is CCCCC(CC)COC(=O)CC.CCCCCCCCC(CCCCCCCC)OC(=O)CC.CCCCCCCCCC(CCCCCCCCC)OC(=O)CC.CCCCCCCCCCCCCCCCOC(=O)CC.CCCCCCCCCCCCOC(=O)CC.CCCCCCCCCCOC(=O)CC. The number of carbonyl (C=O) groups excluding carboxylic acids is 6. The highest BCUT2D eigenvalue weighted by Crippen LogP contribution is 2.22. The van der Waals surface area contributed by atoms with Crippen molar-refractivity contribution < 1.29 is 57.2 Å². The monoisotopic (exact) mass is 1590 g/mol. The summed E-state index contributed by atoms with van der Waals surface area (Å²) in [6.45, 7) is 33.7. The van der Waals surface area contributed by atoms with Crippen molar-refractivity contribution in [3.05, 3.63) is 0 Å². The lowest BCUT2D eigenvalue weighted by molar-refractivity contribution is -0.150.